The largest absolute Gasteiger partial charge is 0.379 e. The molecule has 19 heavy (non-hydrogen) atoms. The Morgan fingerprint density at radius 2 is 1.32 bits per heavy atom. The third-order valence-electron chi connectivity index (χ3n) is 2.51. The molecule has 0 aliphatic carbocycles. The average Bonchev–Trinajstić information content (AvgIpc) is 2.44. The molecule has 1 aliphatic rings. The summed E-state index contributed by atoms with van der Waals surface area (Å²) >= 11 is 0. The van der Waals surface area contributed by atoms with Crippen LogP contribution in [0.1, 0.15) is 6.92 Å². The van der Waals surface area contributed by atoms with Gasteiger partial charge in [0.25, 0.3) is 0 Å². The number of rotatable bonds is 3. The van der Waals surface area contributed by atoms with Gasteiger partial charge in [0.15, 0.2) is 0 Å². The Morgan fingerprint density at radius 1 is 0.789 bits per heavy atom. The van der Waals surface area contributed by atoms with Gasteiger partial charge in [0.1, 0.15) is 6.10 Å². The highest BCUT2D eigenvalue weighted by molar-refractivity contribution is 4.55. The van der Waals surface area contributed by atoms with Crippen LogP contribution in [0.3, 0.4) is 0 Å². The smallest absolute Gasteiger partial charge is 0.104 e. The van der Waals surface area contributed by atoms with Crippen LogP contribution in [0.15, 0.2) is 0 Å². The second kappa shape index (κ2) is 12.8. The Hall–Kier alpha value is -0.240. The van der Waals surface area contributed by atoms with Crippen LogP contribution in [0, 0.1) is 0 Å². The molecule has 1 heterocycles. The molecule has 0 bridgehead atoms. The second-order valence-corrected chi connectivity index (χ2v) is 4.06. The molecule has 1 unspecified atom stereocenters. The molecular formula is C13H26O6. The van der Waals surface area contributed by atoms with E-state index in [1.54, 1.807) is 0 Å². The first-order valence-corrected chi connectivity index (χ1v) is 6.93. The van der Waals surface area contributed by atoms with Crippen LogP contribution in [0.4, 0.5) is 0 Å². The predicted molar refractivity (Wildman–Crippen MR) is 69.5 cm³/mol. The molecule has 0 amide bonds. The van der Waals surface area contributed by atoms with Gasteiger partial charge in [-0.2, -0.15) is 0 Å². The molecule has 114 valence electrons. The van der Waals surface area contributed by atoms with Gasteiger partial charge in [-0.05, 0) is 6.92 Å². The van der Waals surface area contributed by atoms with Gasteiger partial charge in [-0.15, -0.1) is 0 Å². The van der Waals surface area contributed by atoms with Gasteiger partial charge in [0.05, 0.1) is 66.1 Å². The molecule has 1 atom stereocenters. The molecule has 1 fully saturated rings. The van der Waals surface area contributed by atoms with E-state index < -0.39 is 0 Å². The Kier molecular flexibility index (Phi) is 11.3. The molecule has 1 rings (SSSR count). The average molecular weight is 278 g/mol. The van der Waals surface area contributed by atoms with Crippen molar-refractivity contribution in [3.63, 3.8) is 0 Å². The minimum absolute atomic E-state index is 0.0510. The quantitative estimate of drug-likeness (QED) is 0.749. The van der Waals surface area contributed by atoms with Crippen LogP contribution in [0.5, 0.6) is 0 Å². The van der Waals surface area contributed by atoms with Crippen molar-refractivity contribution in [3.05, 3.63) is 0 Å². The first-order valence-electron chi connectivity index (χ1n) is 6.93. The zero-order chi connectivity index (χ0) is 13.6. The van der Waals surface area contributed by atoms with E-state index in [1.807, 2.05) is 6.92 Å². The SMILES string of the molecule is CCOCC1COCCOCCOCCOCCO1. The normalized spacial score (nSPS) is 25.4. The van der Waals surface area contributed by atoms with E-state index >= 15 is 0 Å². The zero-order valence-corrected chi connectivity index (χ0v) is 11.8. The number of ether oxygens (including phenoxy) is 6. The molecule has 0 radical (unpaired) electrons. The zero-order valence-electron chi connectivity index (χ0n) is 11.8. The van der Waals surface area contributed by atoms with Crippen molar-refractivity contribution in [2.75, 3.05) is 72.7 Å². The maximum atomic E-state index is 5.66. The molecule has 0 aromatic rings. The van der Waals surface area contributed by atoms with Crippen LogP contribution < -0.4 is 0 Å². The van der Waals surface area contributed by atoms with Gasteiger partial charge in [0.2, 0.25) is 0 Å². The molecular weight excluding hydrogens is 252 g/mol. The lowest BCUT2D eigenvalue weighted by molar-refractivity contribution is -0.0762. The van der Waals surface area contributed by atoms with Crippen LogP contribution in [-0.2, 0) is 28.4 Å². The van der Waals surface area contributed by atoms with Gasteiger partial charge in [-0.3, -0.25) is 0 Å². The molecule has 6 heteroatoms. The van der Waals surface area contributed by atoms with Crippen LogP contribution in [0.2, 0.25) is 0 Å². The first kappa shape index (κ1) is 16.8. The predicted octanol–water partition coefficient (Wildman–Crippen LogP) is 0.488. The van der Waals surface area contributed by atoms with E-state index in [2.05, 4.69) is 0 Å². The minimum atomic E-state index is -0.0510. The maximum Gasteiger partial charge on any atom is 0.104 e. The van der Waals surface area contributed by atoms with Crippen molar-refractivity contribution in [2.24, 2.45) is 0 Å². The molecule has 0 aromatic heterocycles. The highest BCUT2D eigenvalue weighted by atomic mass is 16.6. The third-order valence-corrected chi connectivity index (χ3v) is 2.51. The Bertz CT molecular complexity index is 174. The van der Waals surface area contributed by atoms with E-state index in [-0.39, 0.29) is 6.10 Å². The van der Waals surface area contributed by atoms with Gasteiger partial charge in [-0.1, -0.05) is 0 Å². The molecule has 1 aliphatic heterocycles. The molecule has 1 saturated heterocycles. The van der Waals surface area contributed by atoms with Crippen molar-refractivity contribution in [1.82, 2.24) is 0 Å². The number of hydrogen-bond acceptors (Lipinski definition) is 6. The summed E-state index contributed by atoms with van der Waals surface area (Å²) < 4.78 is 32.6. The van der Waals surface area contributed by atoms with Crippen molar-refractivity contribution < 1.29 is 28.4 Å². The monoisotopic (exact) mass is 278 g/mol. The van der Waals surface area contributed by atoms with Crippen LogP contribution in [-0.4, -0.2) is 78.8 Å². The summed E-state index contributed by atoms with van der Waals surface area (Å²) in [6.45, 7) is 8.26. The van der Waals surface area contributed by atoms with Gasteiger partial charge in [0, 0.05) is 6.61 Å². The molecule has 6 nitrogen and oxygen atoms in total. The lowest BCUT2D eigenvalue weighted by atomic mass is 10.4. The van der Waals surface area contributed by atoms with Crippen molar-refractivity contribution in [3.8, 4) is 0 Å². The second-order valence-electron chi connectivity index (χ2n) is 4.06. The van der Waals surface area contributed by atoms with Crippen LogP contribution in [0.25, 0.3) is 0 Å². The summed E-state index contributed by atoms with van der Waals surface area (Å²) in [5.74, 6) is 0. The van der Waals surface area contributed by atoms with E-state index in [0.29, 0.717) is 72.7 Å². The lowest BCUT2D eigenvalue weighted by Gasteiger charge is -2.17. The van der Waals surface area contributed by atoms with Gasteiger partial charge < -0.3 is 28.4 Å². The Morgan fingerprint density at radius 3 is 1.89 bits per heavy atom. The van der Waals surface area contributed by atoms with Crippen molar-refractivity contribution in [1.29, 1.82) is 0 Å². The third kappa shape index (κ3) is 10.2. The summed E-state index contributed by atoms with van der Waals surface area (Å²) in [6, 6.07) is 0. The molecule has 0 spiro atoms. The Balaban J connectivity index is 2.21. The molecule has 0 N–H and O–H groups in total. The van der Waals surface area contributed by atoms with Crippen molar-refractivity contribution >= 4 is 0 Å². The topological polar surface area (TPSA) is 55.4 Å². The summed E-state index contributed by atoms with van der Waals surface area (Å²) in [6.07, 6.45) is -0.0510. The van der Waals surface area contributed by atoms with E-state index in [9.17, 15) is 0 Å². The van der Waals surface area contributed by atoms with Crippen molar-refractivity contribution in [2.45, 2.75) is 13.0 Å². The summed E-state index contributed by atoms with van der Waals surface area (Å²) in [4.78, 5) is 0. The standard InChI is InChI=1S/C13H26O6/c1-2-14-11-13-12-18-8-7-16-4-3-15-5-6-17-9-10-19-13/h13H,2-12H2,1H3. The van der Waals surface area contributed by atoms with E-state index in [4.69, 9.17) is 28.4 Å². The fourth-order valence-corrected chi connectivity index (χ4v) is 1.54. The number of hydrogen-bond donors (Lipinski definition) is 0. The first-order chi connectivity index (χ1) is 9.43. The van der Waals surface area contributed by atoms with E-state index in [0.717, 1.165) is 0 Å². The van der Waals surface area contributed by atoms with Crippen LogP contribution >= 0.6 is 0 Å². The lowest BCUT2D eigenvalue weighted by Crippen LogP contribution is -2.28. The highest BCUT2D eigenvalue weighted by Gasteiger charge is 2.09. The summed E-state index contributed by atoms with van der Waals surface area (Å²) in [7, 11) is 0. The summed E-state index contributed by atoms with van der Waals surface area (Å²) in [5, 5.41) is 0. The Labute approximate surface area is 115 Å². The van der Waals surface area contributed by atoms with Gasteiger partial charge >= 0.3 is 0 Å². The van der Waals surface area contributed by atoms with Gasteiger partial charge in [-0.25, -0.2) is 0 Å². The maximum absolute atomic E-state index is 5.66. The fourth-order valence-electron chi connectivity index (χ4n) is 1.54. The molecule has 0 saturated carbocycles. The summed E-state index contributed by atoms with van der Waals surface area (Å²) in [5.41, 5.74) is 0. The van der Waals surface area contributed by atoms with E-state index in [1.165, 1.54) is 0 Å². The highest BCUT2D eigenvalue weighted by Crippen LogP contribution is 1.97. The molecule has 0 aromatic carbocycles. The fraction of sp³-hybridized carbons (Fsp3) is 1.00. The minimum Gasteiger partial charge on any atom is -0.379 e.